The first-order valence-corrected chi connectivity index (χ1v) is 6.38. The molecule has 3 rings (SSSR count). The number of hydrogen-bond acceptors (Lipinski definition) is 5. The van der Waals surface area contributed by atoms with Gasteiger partial charge in [0.1, 0.15) is 5.69 Å². The van der Waals surface area contributed by atoms with Crippen LogP contribution < -0.4 is 0 Å². The van der Waals surface area contributed by atoms with Crippen molar-refractivity contribution < 1.29 is 4.52 Å². The van der Waals surface area contributed by atoms with Crippen LogP contribution in [0.2, 0.25) is 0 Å². The normalized spacial score (nSPS) is 16.9. The van der Waals surface area contributed by atoms with Gasteiger partial charge in [0, 0.05) is 6.20 Å². The molecule has 0 unspecified atom stereocenters. The van der Waals surface area contributed by atoms with E-state index in [4.69, 9.17) is 4.52 Å². The predicted octanol–water partition coefficient (Wildman–Crippen LogP) is 2.12. The Kier molecular flexibility index (Phi) is 3.32. The maximum absolute atomic E-state index is 5.28. The summed E-state index contributed by atoms with van der Waals surface area (Å²) in [5, 5.41) is 3.98. The van der Waals surface area contributed by atoms with Gasteiger partial charge in [0.25, 0.3) is 0 Å². The van der Waals surface area contributed by atoms with Crippen LogP contribution in [0.1, 0.15) is 25.2 Å². The zero-order valence-electron chi connectivity index (χ0n) is 10.2. The van der Waals surface area contributed by atoms with Crippen molar-refractivity contribution in [2.24, 2.45) is 0 Å². The third kappa shape index (κ3) is 2.56. The number of pyridine rings is 1. The summed E-state index contributed by atoms with van der Waals surface area (Å²) < 4.78 is 5.28. The van der Waals surface area contributed by atoms with Crippen molar-refractivity contribution in [2.45, 2.75) is 25.8 Å². The minimum absolute atomic E-state index is 0.572. The molecule has 0 aromatic carbocycles. The molecule has 0 N–H and O–H groups in total. The summed E-state index contributed by atoms with van der Waals surface area (Å²) in [6.45, 7) is 3.00. The fourth-order valence-corrected chi connectivity index (χ4v) is 2.23. The molecule has 94 valence electrons. The van der Waals surface area contributed by atoms with Crippen LogP contribution in [0.3, 0.4) is 0 Å². The van der Waals surface area contributed by atoms with Gasteiger partial charge in [-0.25, -0.2) is 0 Å². The molecule has 1 fully saturated rings. The van der Waals surface area contributed by atoms with Gasteiger partial charge in [0.15, 0.2) is 0 Å². The second-order valence-corrected chi connectivity index (χ2v) is 4.56. The van der Waals surface area contributed by atoms with E-state index in [1.807, 2.05) is 18.2 Å². The molecule has 2 aromatic heterocycles. The third-order valence-corrected chi connectivity index (χ3v) is 3.17. The summed E-state index contributed by atoms with van der Waals surface area (Å²) >= 11 is 0. The summed E-state index contributed by atoms with van der Waals surface area (Å²) in [6, 6.07) is 5.68. The van der Waals surface area contributed by atoms with E-state index in [-0.39, 0.29) is 0 Å². The van der Waals surface area contributed by atoms with Gasteiger partial charge < -0.3 is 4.52 Å². The van der Waals surface area contributed by atoms with Crippen molar-refractivity contribution in [3.63, 3.8) is 0 Å². The molecular weight excluding hydrogens is 228 g/mol. The molecule has 0 bridgehead atoms. The van der Waals surface area contributed by atoms with E-state index in [2.05, 4.69) is 20.0 Å². The largest absolute Gasteiger partial charge is 0.337 e. The fourth-order valence-electron chi connectivity index (χ4n) is 2.23. The van der Waals surface area contributed by atoms with E-state index in [0.29, 0.717) is 11.7 Å². The van der Waals surface area contributed by atoms with Crippen molar-refractivity contribution in [1.82, 2.24) is 20.0 Å². The summed E-state index contributed by atoms with van der Waals surface area (Å²) in [5.74, 6) is 1.25. The van der Waals surface area contributed by atoms with Crippen LogP contribution in [-0.2, 0) is 6.54 Å². The summed E-state index contributed by atoms with van der Waals surface area (Å²) in [4.78, 5) is 11.0. The molecule has 0 radical (unpaired) electrons. The van der Waals surface area contributed by atoms with E-state index in [1.54, 1.807) is 6.20 Å². The number of piperidine rings is 1. The fraction of sp³-hybridized carbons (Fsp3) is 0.462. The molecule has 2 aromatic rings. The Hall–Kier alpha value is -1.75. The van der Waals surface area contributed by atoms with Gasteiger partial charge in [-0.1, -0.05) is 17.6 Å². The van der Waals surface area contributed by atoms with Gasteiger partial charge in [-0.15, -0.1) is 0 Å². The molecule has 0 atom stereocenters. The van der Waals surface area contributed by atoms with Crippen molar-refractivity contribution in [3.8, 4) is 11.5 Å². The number of rotatable bonds is 3. The van der Waals surface area contributed by atoms with Gasteiger partial charge >= 0.3 is 0 Å². The highest BCUT2D eigenvalue weighted by atomic mass is 16.5. The van der Waals surface area contributed by atoms with Crippen LogP contribution >= 0.6 is 0 Å². The minimum Gasteiger partial charge on any atom is -0.337 e. The Balaban J connectivity index is 1.69. The van der Waals surface area contributed by atoms with Crippen LogP contribution in [0.5, 0.6) is 0 Å². The standard InChI is InChI=1S/C13H16N4O/c1-4-8-17(9-5-1)10-12-15-13(16-18-12)11-6-2-3-7-14-11/h2-3,6-7H,1,4-5,8-10H2. The van der Waals surface area contributed by atoms with Crippen LogP contribution in [0, 0.1) is 0 Å². The van der Waals surface area contributed by atoms with Gasteiger partial charge in [-0.2, -0.15) is 4.98 Å². The van der Waals surface area contributed by atoms with Crippen LogP contribution in [0.15, 0.2) is 28.9 Å². The molecule has 1 aliphatic heterocycles. The molecule has 1 aliphatic rings. The lowest BCUT2D eigenvalue weighted by Crippen LogP contribution is -2.29. The first-order valence-electron chi connectivity index (χ1n) is 6.38. The molecule has 0 aliphatic carbocycles. The lowest BCUT2D eigenvalue weighted by Gasteiger charge is -2.24. The van der Waals surface area contributed by atoms with Crippen LogP contribution in [0.25, 0.3) is 11.5 Å². The molecule has 5 nitrogen and oxygen atoms in total. The summed E-state index contributed by atoms with van der Waals surface area (Å²) in [5.41, 5.74) is 0.756. The van der Waals surface area contributed by atoms with E-state index in [9.17, 15) is 0 Å². The Morgan fingerprint density at radius 3 is 2.83 bits per heavy atom. The molecule has 0 spiro atoms. The number of likely N-dealkylation sites (tertiary alicyclic amines) is 1. The quantitative estimate of drug-likeness (QED) is 0.827. The number of hydrogen-bond donors (Lipinski definition) is 0. The highest BCUT2D eigenvalue weighted by molar-refractivity contribution is 5.46. The molecular formula is C13H16N4O. The van der Waals surface area contributed by atoms with Gasteiger partial charge in [-0.05, 0) is 38.1 Å². The van der Waals surface area contributed by atoms with Gasteiger partial charge in [-0.3, -0.25) is 9.88 Å². The topological polar surface area (TPSA) is 55.1 Å². The van der Waals surface area contributed by atoms with Crippen molar-refractivity contribution in [2.75, 3.05) is 13.1 Å². The summed E-state index contributed by atoms with van der Waals surface area (Å²) in [6.07, 6.45) is 5.60. The molecule has 0 amide bonds. The van der Waals surface area contributed by atoms with E-state index >= 15 is 0 Å². The molecule has 5 heteroatoms. The lowest BCUT2D eigenvalue weighted by atomic mass is 10.1. The third-order valence-electron chi connectivity index (χ3n) is 3.17. The monoisotopic (exact) mass is 244 g/mol. The van der Waals surface area contributed by atoms with Gasteiger partial charge in [0.2, 0.25) is 11.7 Å². The highest BCUT2D eigenvalue weighted by Crippen LogP contribution is 2.15. The Morgan fingerprint density at radius 1 is 1.17 bits per heavy atom. The average Bonchev–Trinajstić information content (AvgIpc) is 2.89. The number of nitrogens with zero attached hydrogens (tertiary/aromatic N) is 4. The molecule has 3 heterocycles. The predicted molar refractivity (Wildman–Crippen MR) is 66.7 cm³/mol. The second-order valence-electron chi connectivity index (χ2n) is 4.56. The zero-order chi connectivity index (χ0) is 12.2. The molecule has 0 saturated carbocycles. The molecule has 18 heavy (non-hydrogen) atoms. The van der Waals surface area contributed by atoms with Crippen LogP contribution in [-0.4, -0.2) is 33.1 Å². The Morgan fingerprint density at radius 2 is 2.06 bits per heavy atom. The zero-order valence-corrected chi connectivity index (χ0v) is 10.2. The Labute approximate surface area is 106 Å². The maximum atomic E-state index is 5.28. The molecule has 1 saturated heterocycles. The Bertz CT molecular complexity index is 491. The lowest BCUT2D eigenvalue weighted by molar-refractivity contribution is 0.193. The van der Waals surface area contributed by atoms with Gasteiger partial charge in [0.05, 0.1) is 6.54 Å². The highest BCUT2D eigenvalue weighted by Gasteiger charge is 2.15. The number of aromatic nitrogens is 3. The van der Waals surface area contributed by atoms with Crippen molar-refractivity contribution in [3.05, 3.63) is 30.3 Å². The second kappa shape index (κ2) is 5.27. The maximum Gasteiger partial charge on any atom is 0.241 e. The van der Waals surface area contributed by atoms with Crippen LogP contribution in [0.4, 0.5) is 0 Å². The SMILES string of the molecule is c1ccc(-c2noc(CN3CCCCC3)n2)nc1. The average molecular weight is 244 g/mol. The minimum atomic E-state index is 0.572. The van der Waals surface area contributed by atoms with E-state index < -0.39 is 0 Å². The summed E-state index contributed by atoms with van der Waals surface area (Å²) in [7, 11) is 0. The smallest absolute Gasteiger partial charge is 0.241 e. The van der Waals surface area contributed by atoms with E-state index in [1.165, 1.54) is 19.3 Å². The van der Waals surface area contributed by atoms with E-state index in [0.717, 1.165) is 25.3 Å². The van der Waals surface area contributed by atoms with Crippen molar-refractivity contribution >= 4 is 0 Å². The first-order chi connectivity index (χ1) is 8.92. The van der Waals surface area contributed by atoms with Crippen molar-refractivity contribution in [1.29, 1.82) is 0 Å². The first kappa shape index (κ1) is 11.3.